The molecule has 0 aliphatic carbocycles. The molecule has 2 aromatic carbocycles. The van der Waals surface area contributed by atoms with Gasteiger partial charge in [0.25, 0.3) is 5.91 Å². The third-order valence-electron chi connectivity index (χ3n) is 3.71. The molecule has 0 aliphatic rings. The van der Waals surface area contributed by atoms with E-state index in [4.69, 9.17) is 11.6 Å². The maximum Gasteiger partial charge on any atom is 0.253 e. The highest BCUT2D eigenvalue weighted by Gasteiger charge is 2.17. The Balaban J connectivity index is 2.24. The van der Waals surface area contributed by atoms with Gasteiger partial charge in [0.1, 0.15) is 0 Å². The van der Waals surface area contributed by atoms with E-state index in [2.05, 4.69) is 10.0 Å². The number of rotatable bonds is 6. The second-order valence-electron chi connectivity index (χ2n) is 5.91. The van der Waals surface area contributed by atoms with Crippen LogP contribution in [0.2, 0.25) is 5.02 Å². The molecular weight excluding hydrogens is 360 g/mol. The largest absolute Gasteiger partial charge is 0.345 e. The van der Waals surface area contributed by atoms with E-state index in [0.717, 1.165) is 17.4 Å². The summed E-state index contributed by atoms with van der Waals surface area (Å²) in [6.07, 6.45) is 1.76. The van der Waals surface area contributed by atoms with Gasteiger partial charge in [0.05, 0.1) is 22.9 Å². The van der Waals surface area contributed by atoms with Crippen molar-refractivity contribution in [3.8, 4) is 0 Å². The quantitative estimate of drug-likeness (QED) is 0.797. The number of aryl methyl sites for hydroxylation is 1. The molecule has 1 unspecified atom stereocenters. The van der Waals surface area contributed by atoms with Crippen LogP contribution in [0, 0.1) is 6.92 Å². The number of anilines is 1. The second-order valence-corrected chi connectivity index (χ2v) is 8.07. The molecule has 0 aliphatic heterocycles. The highest BCUT2D eigenvalue weighted by atomic mass is 35.5. The van der Waals surface area contributed by atoms with Gasteiger partial charge in [-0.1, -0.05) is 48.4 Å². The lowest BCUT2D eigenvalue weighted by atomic mass is 10.0. The van der Waals surface area contributed by atoms with Crippen LogP contribution in [0.25, 0.3) is 0 Å². The number of benzene rings is 2. The number of carbonyl (C=O) groups excluding carboxylic acids is 1. The van der Waals surface area contributed by atoms with Crippen LogP contribution in [-0.4, -0.2) is 20.6 Å². The molecule has 25 heavy (non-hydrogen) atoms. The van der Waals surface area contributed by atoms with Crippen molar-refractivity contribution in [1.82, 2.24) is 5.32 Å². The molecule has 2 rings (SSSR count). The second kappa shape index (κ2) is 7.89. The Bertz CT molecular complexity index is 864. The van der Waals surface area contributed by atoms with E-state index in [1.165, 1.54) is 18.2 Å². The van der Waals surface area contributed by atoms with Crippen LogP contribution >= 0.6 is 11.6 Å². The minimum absolute atomic E-state index is 0.157. The van der Waals surface area contributed by atoms with E-state index in [9.17, 15) is 13.2 Å². The van der Waals surface area contributed by atoms with Gasteiger partial charge in [-0.15, -0.1) is 0 Å². The van der Waals surface area contributed by atoms with Crippen molar-refractivity contribution < 1.29 is 13.2 Å². The fraction of sp³-hybridized carbons (Fsp3) is 0.278. The predicted molar refractivity (Wildman–Crippen MR) is 102 cm³/mol. The average Bonchev–Trinajstić information content (AvgIpc) is 2.54. The predicted octanol–water partition coefficient (Wildman–Crippen LogP) is 3.90. The molecule has 5 nitrogen and oxygen atoms in total. The van der Waals surface area contributed by atoms with Crippen LogP contribution in [0.15, 0.2) is 42.5 Å². The summed E-state index contributed by atoms with van der Waals surface area (Å²) in [4.78, 5) is 12.6. The lowest BCUT2D eigenvalue weighted by molar-refractivity contribution is 0.0935. The van der Waals surface area contributed by atoms with Crippen LogP contribution in [0.3, 0.4) is 0 Å². The first-order valence-corrected chi connectivity index (χ1v) is 10.1. The van der Waals surface area contributed by atoms with E-state index in [0.29, 0.717) is 12.1 Å². The maximum absolute atomic E-state index is 12.6. The minimum Gasteiger partial charge on any atom is -0.345 e. The first-order valence-electron chi connectivity index (χ1n) is 7.84. The molecular formula is C18H21ClN2O3S. The molecule has 0 heterocycles. The number of amides is 1. The zero-order chi connectivity index (χ0) is 18.6. The van der Waals surface area contributed by atoms with E-state index < -0.39 is 10.0 Å². The summed E-state index contributed by atoms with van der Waals surface area (Å²) >= 11 is 6.12. The molecule has 0 spiro atoms. The molecule has 1 atom stereocenters. The van der Waals surface area contributed by atoms with Gasteiger partial charge in [-0.05, 0) is 37.1 Å². The average molecular weight is 381 g/mol. The first kappa shape index (κ1) is 19.3. The summed E-state index contributed by atoms with van der Waals surface area (Å²) in [6.45, 7) is 3.98. The van der Waals surface area contributed by atoms with Crippen LogP contribution in [0.5, 0.6) is 0 Å². The molecule has 0 aromatic heterocycles. The lowest BCUT2D eigenvalue weighted by Crippen LogP contribution is -2.28. The number of carbonyl (C=O) groups is 1. The Labute approximate surface area is 153 Å². The molecule has 0 radical (unpaired) electrons. The van der Waals surface area contributed by atoms with Crippen LogP contribution < -0.4 is 10.0 Å². The molecule has 2 N–H and O–H groups in total. The monoisotopic (exact) mass is 380 g/mol. The zero-order valence-corrected chi connectivity index (χ0v) is 15.9. The van der Waals surface area contributed by atoms with Crippen molar-refractivity contribution in [3.63, 3.8) is 0 Å². The Kier molecular flexibility index (Phi) is 6.08. The van der Waals surface area contributed by atoms with Gasteiger partial charge in [0, 0.05) is 5.69 Å². The standard InChI is InChI=1S/C18H21ClN2O3S/c1-4-17(13-7-5-12(2)6-8-13)20-18(22)15-11-14(9-10-16(15)19)21-25(3,23)24/h5-11,17,21H,4H2,1-3H3,(H,20,22). The summed E-state index contributed by atoms with van der Waals surface area (Å²) in [5, 5.41) is 3.21. The van der Waals surface area contributed by atoms with Gasteiger partial charge in [0.15, 0.2) is 0 Å². The molecule has 7 heteroatoms. The third-order valence-corrected chi connectivity index (χ3v) is 4.64. The molecule has 2 aromatic rings. The third kappa shape index (κ3) is 5.47. The SMILES string of the molecule is CCC(NC(=O)c1cc(NS(C)(=O)=O)ccc1Cl)c1ccc(C)cc1. The van der Waals surface area contributed by atoms with Crippen molar-refractivity contribution in [2.24, 2.45) is 0 Å². The number of nitrogens with one attached hydrogen (secondary N) is 2. The lowest BCUT2D eigenvalue weighted by Gasteiger charge is -2.18. The van der Waals surface area contributed by atoms with Crippen molar-refractivity contribution in [1.29, 1.82) is 0 Å². The molecule has 0 fully saturated rings. The zero-order valence-electron chi connectivity index (χ0n) is 14.3. The highest BCUT2D eigenvalue weighted by molar-refractivity contribution is 7.92. The Morgan fingerprint density at radius 2 is 1.80 bits per heavy atom. The topological polar surface area (TPSA) is 75.3 Å². The number of halogens is 1. The van der Waals surface area contributed by atoms with Crippen LogP contribution in [-0.2, 0) is 10.0 Å². The molecule has 0 bridgehead atoms. The Hall–Kier alpha value is -2.05. The number of sulfonamides is 1. The van der Waals surface area contributed by atoms with Gasteiger partial charge in [-0.25, -0.2) is 8.42 Å². The fourth-order valence-corrected chi connectivity index (χ4v) is 3.19. The molecule has 134 valence electrons. The van der Waals surface area contributed by atoms with E-state index >= 15 is 0 Å². The maximum atomic E-state index is 12.6. The van der Waals surface area contributed by atoms with Crippen LogP contribution in [0.4, 0.5) is 5.69 Å². The summed E-state index contributed by atoms with van der Waals surface area (Å²) in [5.74, 6) is -0.352. The highest BCUT2D eigenvalue weighted by Crippen LogP contribution is 2.23. The summed E-state index contributed by atoms with van der Waals surface area (Å²) < 4.78 is 25.1. The van der Waals surface area contributed by atoms with E-state index in [1.54, 1.807) is 0 Å². The summed E-state index contributed by atoms with van der Waals surface area (Å²) in [5.41, 5.74) is 2.66. The van der Waals surface area contributed by atoms with E-state index in [-0.39, 0.29) is 22.5 Å². The molecule has 0 saturated carbocycles. The van der Waals surface area contributed by atoms with Gasteiger partial charge in [-0.3, -0.25) is 9.52 Å². The Morgan fingerprint density at radius 1 is 1.16 bits per heavy atom. The smallest absolute Gasteiger partial charge is 0.253 e. The van der Waals surface area contributed by atoms with Crippen LogP contribution in [0.1, 0.15) is 40.9 Å². The van der Waals surface area contributed by atoms with Crippen molar-refractivity contribution in [3.05, 3.63) is 64.2 Å². The van der Waals surface area contributed by atoms with Gasteiger partial charge in [0.2, 0.25) is 10.0 Å². The van der Waals surface area contributed by atoms with E-state index in [1.807, 2.05) is 38.1 Å². The Morgan fingerprint density at radius 3 is 2.36 bits per heavy atom. The van der Waals surface area contributed by atoms with Crippen molar-refractivity contribution >= 4 is 33.2 Å². The minimum atomic E-state index is -3.43. The van der Waals surface area contributed by atoms with Gasteiger partial charge < -0.3 is 5.32 Å². The first-order chi connectivity index (χ1) is 11.7. The van der Waals surface area contributed by atoms with Crippen molar-refractivity contribution in [2.75, 3.05) is 11.0 Å². The number of hydrogen-bond acceptors (Lipinski definition) is 3. The summed E-state index contributed by atoms with van der Waals surface area (Å²) in [6, 6.07) is 12.2. The van der Waals surface area contributed by atoms with Gasteiger partial charge >= 0.3 is 0 Å². The summed E-state index contributed by atoms with van der Waals surface area (Å²) in [7, 11) is -3.43. The molecule has 1 amide bonds. The number of hydrogen-bond donors (Lipinski definition) is 2. The normalized spacial score (nSPS) is 12.5. The fourth-order valence-electron chi connectivity index (χ4n) is 2.43. The molecule has 0 saturated heterocycles. The van der Waals surface area contributed by atoms with Crippen molar-refractivity contribution in [2.45, 2.75) is 26.3 Å². The van der Waals surface area contributed by atoms with Gasteiger partial charge in [-0.2, -0.15) is 0 Å².